The van der Waals surface area contributed by atoms with Gasteiger partial charge in [-0.1, -0.05) is 18.2 Å². The van der Waals surface area contributed by atoms with Gasteiger partial charge in [0.1, 0.15) is 18.2 Å². The number of rotatable bonds is 5. The van der Waals surface area contributed by atoms with Crippen LogP contribution in [0.3, 0.4) is 0 Å². The summed E-state index contributed by atoms with van der Waals surface area (Å²) in [5.74, 6) is -2.92. The van der Waals surface area contributed by atoms with Crippen LogP contribution in [0.4, 0.5) is 13.2 Å². The monoisotopic (exact) mass is 476 g/mol. The van der Waals surface area contributed by atoms with Gasteiger partial charge >= 0.3 is 0 Å². The van der Waals surface area contributed by atoms with E-state index in [-0.39, 0.29) is 36.7 Å². The van der Waals surface area contributed by atoms with E-state index in [4.69, 9.17) is 4.74 Å². The number of sulfonamides is 1. The van der Waals surface area contributed by atoms with Crippen molar-refractivity contribution < 1.29 is 31.1 Å². The molecule has 3 aromatic rings. The quantitative estimate of drug-likeness (QED) is 0.611. The van der Waals surface area contributed by atoms with Gasteiger partial charge < -0.3 is 10.1 Å². The van der Waals surface area contributed by atoms with E-state index in [9.17, 15) is 26.4 Å². The van der Waals surface area contributed by atoms with Crippen molar-refractivity contribution in [3.05, 3.63) is 94.8 Å². The molecule has 4 rings (SSSR count). The Bertz CT molecular complexity index is 1310. The molecule has 10 heteroatoms. The number of carbonyl (C=O) groups excluding carboxylic acids is 1. The second-order valence-corrected chi connectivity index (χ2v) is 9.30. The van der Waals surface area contributed by atoms with Gasteiger partial charge in [0.2, 0.25) is 10.0 Å². The number of carbonyl (C=O) groups is 1. The van der Waals surface area contributed by atoms with Gasteiger partial charge in [0.05, 0.1) is 4.90 Å². The Hall–Kier alpha value is -3.37. The van der Waals surface area contributed by atoms with E-state index < -0.39 is 33.4 Å². The van der Waals surface area contributed by atoms with E-state index in [1.54, 1.807) is 24.3 Å². The van der Waals surface area contributed by atoms with Crippen LogP contribution < -0.4 is 10.1 Å². The Kier molecular flexibility index (Phi) is 6.39. The number of halogens is 3. The smallest absolute Gasteiger partial charge is 0.251 e. The van der Waals surface area contributed by atoms with E-state index in [0.29, 0.717) is 22.9 Å². The van der Waals surface area contributed by atoms with Gasteiger partial charge in [0.15, 0.2) is 11.6 Å². The van der Waals surface area contributed by atoms with Crippen LogP contribution in [0.15, 0.2) is 65.6 Å². The molecular weight excluding hydrogens is 457 g/mol. The van der Waals surface area contributed by atoms with Crippen molar-refractivity contribution in [3.63, 3.8) is 0 Å². The normalized spacial score (nSPS) is 14.2. The Balaban J connectivity index is 1.55. The summed E-state index contributed by atoms with van der Waals surface area (Å²) in [6.07, 6.45) is 0. The highest BCUT2D eigenvalue weighted by atomic mass is 32.2. The molecule has 0 atom stereocenters. The lowest BCUT2D eigenvalue weighted by atomic mass is 10.1. The molecule has 1 aliphatic rings. The van der Waals surface area contributed by atoms with Crippen LogP contribution in [-0.2, 0) is 23.1 Å². The predicted octanol–water partition coefficient (Wildman–Crippen LogP) is 3.62. The van der Waals surface area contributed by atoms with Crippen LogP contribution in [-0.4, -0.2) is 31.8 Å². The van der Waals surface area contributed by atoms with Crippen molar-refractivity contribution in [2.45, 2.75) is 18.0 Å². The number of nitrogens with zero attached hydrogens (tertiary/aromatic N) is 1. The Labute approximate surface area is 188 Å². The first-order chi connectivity index (χ1) is 15.8. The largest absolute Gasteiger partial charge is 0.492 e. The first-order valence-corrected chi connectivity index (χ1v) is 11.4. The second-order valence-electron chi connectivity index (χ2n) is 7.36. The highest BCUT2D eigenvalue weighted by molar-refractivity contribution is 7.89. The summed E-state index contributed by atoms with van der Waals surface area (Å²) >= 11 is 0. The molecule has 3 aromatic carbocycles. The highest BCUT2D eigenvalue weighted by Gasteiger charge is 2.29. The number of hydrogen-bond donors (Lipinski definition) is 1. The summed E-state index contributed by atoms with van der Waals surface area (Å²) in [5, 5.41) is 2.63. The molecule has 0 aliphatic carbocycles. The van der Waals surface area contributed by atoms with E-state index in [1.165, 1.54) is 18.2 Å². The number of nitrogens with one attached hydrogen (secondary N) is 1. The third-order valence-electron chi connectivity index (χ3n) is 5.19. The SMILES string of the molecule is O=C(NCc1ccccc1F)c1ccc2c(c1)CN(S(=O)(=O)c1ccc(F)c(F)c1)CCO2. The molecule has 0 aromatic heterocycles. The minimum absolute atomic E-state index is 0.0181. The number of amides is 1. The lowest BCUT2D eigenvalue weighted by Gasteiger charge is -2.19. The van der Waals surface area contributed by atoms with Gasteiger partial charge in [-0.05, 0) is 42.5 Å². The number of hydrogen-bond acceptors (Lipinski definition) is 4. The van der Waals surface area contributed by atoms with Crippen molar-refractivity contribution in [2.24, 2.45) is 0 Å². The van der Waals surface area contributed by atoms with Crippen molar-refractivity contribution in [3.8, 4) is 5.75 Å². The van der Waals surface area contributed by atoms with E-state index in [1.807, 2.05) is 0 Å². The number of ether oxygens (including phenoxy) is 1. The maximum absolute atomic E-state index is 13.8. The van der Waals surface area contributed by atoms with E-state index >= 15 is 0 Å². The minimum atomic E-state index is -4.15. The molecule has 33 heavy (non-hydrogen) atoms. The zero-order valence-corrected chi connectivity index (χ0v) is 18.0. The summed E-state index contributed by atoms with van der Waals surface area (Å²) in [6, 6.07) is 13.0. The van der Waals surface area contributed by atoms with Crippen LogP contribution >= 0.6 is 0 Å². The van der Waals surface area contributed by atoms with Crippen LogP contribution in [0, 0.1) is 17.5 Å². The number of fused-ring (bicyclic) bond motifs is 1. The fraction of sp³-hybridized carbons (Fsp3) is 0.174. The Morgan fingerprint density at radius 2 is 1.76 bits per heavy atom. The lowest BCUT2D eigenvalue weighted by molar-refractivity contribution is 0.0950. The first-order valence-electron chi connectivity index (χ1n) is 9.98. The molecule has 0 fully saturated rings. The molecule has 1 N–H and O–H groups in total. The van der Waals surface area contributed by atoms with Crippen LogP contribution in [0.2, 0.25) is 0 Å². The third kappa shape index (κ3) is 4.86. The Morgan fingerprint density at radius 3 is 2.52 bits per heavy atom. The van der Waals surface area contributed by atoms with Crippen molar-refractivity contribution in [2.75, 3.05) is 13.2 Å². The lowest BCUT2D eigenvalue weighted by Crippen LogP contribution is -2.32. The minimum Gasteiger partial charge on any atom is -0.492 e. The van der Waals surface area contributed by atoms with Crippen molar-refractivity contribution >= 4 is 15.9 Å². The zero-order valence-electron chi connectivity index (χ0n) is 17.2. The molecule has 1 amide bonds. The zero-order chi connectivity index (χ0) is 23.6. The van der Waals surface area contributed by atoms with Crippen molar-refractivity contribution in [1.82, 2.24) is 9.62 Å². The van der Waals surface area contributed by atoms with Gasteiger partial charge in [-0.2, -0.15) is 4.31 Å². The highest BCUT2D eigenvalue weighted by Crippen LogP contribution is 2.28. The van der Waals surface area contributed by atoms with Crippen LogP contribution in [0.1, 0.15) is 21.5 Å². The first kappa shape index (κ1) is 22.8. The fourth-order valence-electron chi connectivity index (χ4n) is 3.42. The summed E-state index contributed by atoms with van der Waals surface area (Å²) < 4.78 is 73.3. The third-order valence-corrected chi connectivity index (χ3v) is 7.03. The second kappa shape index (κ2) is 9.24. The average Bonchev–Trinajstić information content (AvgIpc) is 3.02. The molecule has 1 heterocycles. The molecule has 1 aliphatic heterocycles. The molecule has 0 saturated heterocycles. The molecule has 172 valence electrons. The molecule has 0 unspecified atom stereocenters. The van der Waals surface area contributed by atoms with E-state index in [0.717, 1.165) is 16.4 Å². The van der Waals surface area contributed by atoms with Gasteiger partial charge in [-0.3, -0.25) is 4.79 Å². The van der Waals surface area contributed by atoms with Crippen LogP contribution in [0.5, 0.6) is 5.75 Å². The van der Waals surface area contributed by atoms with Gasteiger partial charge in [-0.25, -0.2) is 21.6 Å². The van der Waals surface area contributed by atoms with Gasteiger partial charge in [0.25, 0.3) is 5.91 Å². The fourth-order valence-corrected chi connectivity index (χ4v) is 4.84. The molecule has 0 radical (unpaired) electrons. The summed E-state index contributed by atoms with van der Waals surface area (Å²) in [4.78, 5) is 12.2. The van der Waals surface area contributed by atoms with Crippen LogP contribution in [0.25, 0.3) is 0 Å². The molecule has 0 saturated carbocycles. The molecule has 6 nitrogen and oxygen atoms in total. The standard InChI is InChI=1S/C23H19F3N2O4S/c24-19-4-2-1-3-16(19)13-27-23(29)15-5-8-22-17(11-15)14-28(9-10-32-22)33(30,31)18-6-7-20(25)21(26)12-18/h1-8,11-12H,9-10,13-14H2,(H,27,29). The molecular formula is C23H19F3N2O4S. The summed E-state index contributed by atoms with van der Waals surface area (Å²) in [6.45, 7) is -0.139. The van der Waals surface area contributed by atoms with Gasteiger partial charge in [0, 0.05) is 36.3 Å². The van der Waals surface area contributed by atoms with E-state index in [2.05, 4.69) is 5.32 Å². The van der Waals surface area contributed by atoms with Crippen molar-refractivity contribution in [1.29, 1.82) is 0 Å². The predicted molar refractivity (Wildman–Crippen MR) is 113 cm³/mol. The van der Waals surface area contributed by atoms with Gasteiger partial charge in [-0.15, -0.1) is 0 Å². The molecule has 0 bridgehead atoms. The topological polar surface area (TPSA) is 75.7 Å². The maximum atomic E-state index is 13.8. The maximum Gasteiger partial charge on any atom is 0.251 e. The summed E-state index contributed by atoms with van der Waals surface area (Å²) in [7, 11) is -4.15. The molecule has 0 spiro atoms. The Morgan fingerprint density at radius 1 is 0.970 bits per heavy atom. The average molecular weight is 476 g/mol. The number of benzene rings is 3. The summed E-state index contributed by atoms with van der Waals surface area (Å²) in [5.41, 5.74) is 0.991.